The second-order valence-corrected chi connectivity index (χ2v) is 4.78. The Bertz CT molecular complexity index is 486. The number of nitrogens with one attached hydrogen (secondary N) is 1. The van der Waals surface area contributed by atoms with Crippen LogP contribution < -0.4 is 5.32 Å². The smallest absolute Gasteiger partial charge is 0.0447 e. The molecule has 0 aliphatic rings. The molecular formula is C17H22N2. The number of aryl methyl sites for hydroxylation is 1. The average Bonchev–Trinajstić information content (AvgIpc) is 2.47. The van der Waals surface area contributed by atoms with Gasteiger partial charge in [-0.25, -0.2) is 0 Å². The summed E-state index contributed by atoms with van der Waals surface area (Å²) in [6.07, 6.45) is 3.94. The SMILES string of the molecule is CCNCc1ccc(Cc2ccc(CC)cn2)cc1. The van der Waals surface area contributed by atoms with Crippen LogP contribution in [0.15, 0.2) is 42.6 Å². The molecule has 0 saturated heterocycles. The molecule has 0 saturated carbocycles. The highest BCUT2D eigenvalue weighted by atomic mass is 14.8. The van der Waals surface area contributed by atoms with Crippen molar-refractivity contribution in [2.75, 3.05) is 6.54 Å². The zero-order valence-corrected chi connectivity index (χ0v) is 11.8. The van der Waals surface area contributed by atoms with Crippen LogP contribution in [0.2, 0.25) is 0 Å². The first-order chi connectivity index (χ1) is 9.31. The minimum absolute atomic E-state index is 0.908. The Morgan fingerprint density at radius 1 is 0.895 bits per heavy atom. The largest absolute Gasteiger partial charge is 0.313 e. The van der Waals surface area contributed by atoms with Gasteiger partial charge in [0.05, 0.1) is 0 Å². The molecule has 0 bridgehead atoms. The third-order valence-electron chi connectivity index (χ3n) is 3.28. The van der Waals surface area contributed by atoms with Crippen molar-refractivity contribution < 1.29 is 0 Å². The molecule has 2 aromatic rings. The van der Waals surface area contributed by atoms with E-state index in [2.05, 4.69) is 60.5 Å². The van der Waals surface area contributed by atoms with Gasteiger partial charge in [0.15, 0.2) is 0 Å². The van der Waals surface area contributed by atoms with E-state index in [9.17, 15) is 0 Å². The molecule has 1 aromatic carbocycles. The maximum absolute atomic E-state index is 4.50. The Balaban J connectivity index is 1.98. The molecule has 0 aliphatic heterocycles. The number of rotatable bonds is 6. The van der Waals surface area contributed by atoms with Crippen molar-refractivity contribution in [2.24, 2.45) is 0 Å². The molecule has 2 heteroatoms. The van der Waals surface area contributed by atoms with E-state index in [1.807, 2.05) is 6.20 Å². The average molecular weight is 254 g/mol. The second kappa shape index (κ2) is 7.05. The minimum atomic E-state index is 0.908. The third-order valence-corrected chi connectivity index (χ3v) is 3.28. The molecule has 0 atom stereocenters. The van der Waals surface area contributed by atoms with E-state index >= 15 is 0 Å². The van der Waals surface area contributed by atoms with E-state index in [4.69, 9.17) is 0 Å². The van der Waals surface area contributed by atoms with Crippen LogP contribution in [-0.4, -0.2) is 11.5 Å². The quantitative estimate of drug-likeness (QED) is 0.855. The van der Waals surface area contributed by atoms with Crippen molar-refractivity contribution in [1.29, 1.82) is 0 Å². The lowest BCUT2D eigenvalue weighted by Gasteiger charge is -2.05. The van der Waals surface area contributed by atoms with Gasteiger partial charge in [0.1, 0.15) is 0 Å². The van der Waals surface area contributed by atoms with Gasteiger partial charge < -0.3 is 5.32 Å². The number of nitrogens with zero attached hydrogens (tertiary/aromatic N) is 1. The predicted molar refractivity (Wildman–Crippen MR) is 80.2 cm³/mol. The summed E-state index contributed by atoms with van der Waals surface area (Å²) in [6, 6.07) is 13.1. The van der Waals surface area contributed by atoms with Gasteiger partial charge in [-0.05, 0) is 35.7 Å². The Morgan fingerprint density at radius 3 is 2.16 bits per heavy atom. The first-order valence-electron chi connectivity index (χ1n) is 7.04. The number of hydrogen-bond donors (Lipinski definition) is 1. The maximum atomic E-state index is 4.50. The van der Waals surface area contributed by atoms with E-state index in [1.165, 1.54) is 16.7 Å². The molecular weight excluding hydrogens is 232 g/mol. The third kappa shape index (κ3) is 4.18. The monoisotopic (exact) mass is 254 g/mol. The summed E-state index contributed by atoms with van der Waals surface area (Å²) in [5, 5.41) is 3.33. The molecule has 2 rings (SSSR count). The molecule has 0 unspecified atom stereocenters. The van der Waals surface area contributed by atoms with Crippen LogP contribution in [-0.2, 0) is 19.4 Å². The van der Waals surface area contributed by atoms with Crippen LogP contribution in [0.25, 0.3) is 0 Å². The van der Waals surface area contributed by atoms with Crippen molar-refractivity contribution in [2.45, 2.75) is 33.2 Å². The van der Waals surface area contributed by atoms with Crippen LogP contribution >= 0.6 is 0 Å². The van der Waals surface area contributed by atoms with Gasteiger partial charge >= 0.3 is 0 Å². The lowest BCUT2D eigenvalue weighted by molar-refractivity contribution is 0.726. The number of pyridine rings is 1. The van der Waals surface area contributed by atoms with Crippen molar-refractivity contribution in [3.8, 4) is 0 Å². The van der Waals surface area contributed by atoms with Crippen LogP contribution in [0.5, 0.6) is 0 Å². The normalized spacial score (nSPS) is 10.6. The molecule has 0 amide bonds. The lowest BCUT2D eigenvalue weighted by atomic mass is 10.1. The van der Waals surface area contributed by atoms with Gasteiger partial charge in [0.25, 0.3) is 0 Å². The van der Waals surface area contributed by atoms with Crippen molar-refractivity contribution in [1.82, 2.24) is 10.3 Å². The Kier molecular flexibility index (Phi) is 5.10. The fraction of sp³-hybridized carbons (Fsp3) is 0.353. The fourth-order valence-electron chi connectivity index (χ4n) is 2.02. The van der Waals surface area contributed by atoms with E-state index in [0.717, 1.165) is 31.6 Å². The summed E-state index contributed by atoms with van der Waals surface area (Å²) < 4.78 is 0. The van der Waals surface area contributed by atoms with Crippen LogP contribution in [0.4, 0.5) is 0 Å². The molecule has 19 heavy (non-hydrogen) atoms. The van der Waals surface area contributed by atoms with Gasteiger partial charge in [-0.1, -0.05) is 44.2 Å². The van der Waals surface area contributed by atoms with Crippen LogP contribution in [0.1, 0.15) is 36.2 Å². The van der Waals surface area contributed by atoms with Crippen LogP contribution in [0, 0.1) is 0 Å². The fourth-order valence-corrected chi connectivity index (χ4v) is 2.02. The lowest BCUT2D eigenvalue weighted by Crippen LogP contribution is -2.11. The van der Waals surface area contributed by atoms with Crippen molar-refractivity contribution in [3.05, 3.63) is 65.0 Å². The first-order valence-corrected chi connectivity index (χ1v) is 7.04. The Labute approximate surface area is 115 Å². The van der Waals surface area contributed by atoms with E-state index < -0.39 is 0 Å². The highest BCUT2D eigenvalue weighted by Gasteiger charge is 1.99. The van der Waals surface area contributed by atoms with Gasteiger partial charge in [-0.15, -0.1) is 0 Å². The standard InChI is InChI=1S/C17H22N2/c1-3-14-9-10-17(19-13-14)11-15-5-7-16(8-6-15)12-18-4-2/h5-10,13,18H,3-4,11-12H2,1-2H3. The predicted octanol–water partition coefficient (Wildman–Crippen LogP) is 3.34. The zero-order chi connectivity index (χ0) is 13.5. The number of benzene rings is 1. The van der Waals surface area contributed by atoms with Gasteiger partial charge in [-0.3, -0.25) is 4.98 Å². The molecule has 1 N–H and O–H groups in total. The first kappa shape index (κ1) is 13.8. The molecule has 2 nitrogen and oxygen atoms in total. The topological polar surface area (TPSA) is 24.9 Å². The van der Waals surface area contributed by atoms with Crippen molar-refractivity contribution in [3.63, 3.8) is 0 Å². The summed E-state index contributed by atoms with van der Waals surface area (Å²) in [7, 11) is 0. The second-order valence-electron chi connectivity index (χ2n) is 4.78. The molecule has 0 radical (unpaired) electrons. The number of hydrogen-bond acceptors (Lipinski definition) is 2. The molecule has 1 aromatic heterocycles. The van der Waals surface area contributed by atoms with Gasteiger partial charge in [0, 0.05) is 24.9 Å². The van der Waals surface area contributed by atoms with Crippen LogP contribution in [0.3, 0.4) is 0 Å². The van der Waals surface area contributed by atoms with Gasteiger partial charge in [0.2, 0.25) is 0 Å². The number of aromatic nitrogens is 1. The van der Waals surface area contributed by atoms with E-state index in [-0.39, 0.29) is 0 Å². The Hall–Kier alpha value is -1.67. The Morgan fingerprint density at radius 2 is 1.58 bits per heavy atom. The summed E-state index contributed by atoms with van der Waals surface area (Å²) in [6.45, 7) is 6.23. The van der Waals surface area contributed by atoms with Gasteiger partial charge in [-0.2, -0.15) is 0 Å². The van der Waals surface area contributed by atoms with E-state index in [0.29, 0.717) is 0 Å². The molecule has 0 fully saturated rings. The highest BCUT2D eigenvalue weighted by molar-refractivity contribution is 5.27. The molecule has 1 heterocycles. The minimum Gasteiger partial charge on any atom is -0.313 e. The summed E-state index contributed by atoms with van der Waals surface area (Å²) in [5.74, 6) is 0. The summed E-state index contributed by atoms with van der Waals surface area (Å²) >= 11 is 0. The summed E-state index contributed by atoms with van der Waals surface area (Å²) in [4.78, 5) is 4.50. The van der Waals surface area contributed by atoms with E-state index in [1.54, 1.807) is 0 Å². The molecule has 0 aliphatic carbocycles. The zero-order valence-electron chi connectivity index (χ0n) is 11.8. The molecule has 0 spiro atoms. The van der Waals surface area contributed by atoms with Crippen molar-refractivity contribution >= 4 is 0 Å². The summed E-state index contributed by atoms with van der Waals surface area (Å²) in [5.41, 5.74) is 5.08. The maximum Gasteiger partial charge on any atom is 0.0447 e. The molecule has 100 valence electrons. The highest BCUT2D eigenvalue weighted by Crippen LogP contribution is 2.10.